The summed E-state index contributed by atoms with van der Waals surface area (Å²) in [5, 5.41) is 3.06. The minimum Gasteiger partial charge on any atom is -0.492 e. The molecule has 1 fully saturated rings. The van der Waals surface area contributed by atoms with E-state index >= 15 is 0 Å². The van der Waals surface area contributed by atoms with Crippen LogP contribution in [0.2, 0.25) is 0 Å². The standard InChI is InChI=1S/C22H28N2O2S/c1-5-26-19-9-7-6-8-18(19)23-21(25)24-14-15-27-20(24)16-10-12-17(13-11-16)22(2,3)4/h6-13,20H,5,14-15H2,1-4H3,(H,23,25). The number of hydrogen-bond donors (Lipinski definition) is 1. The van der Waals surface area contributed by atoms with Gasteiger partial charge in [-0.05, 0) is 35.6 Å². The number of carbonyl (C=O) groups excluding carboxylic acids is 1. The summed E-state index contributed by atoms with van der Waals surface area (Å²) >= 11 is 1.80. The van der Waals surface area contributed by atoms with E-state index in [1.807, 2.05) is 36.1 Å². The van der Waals surface area contributed by atoms with Crippen molar-refractivity contribution in [2.24, 2.45) is 0 Å². The van der Waals surface area contributed by atoms with E-state index in [2.05, 4.69) is 50.4 Å². The highest BCUT2D eigenvalue weighted by Crippen LogP contribution is 2.39. The molecular weight excluding hydrogens is 356 g/mol. The second kappa shape index (κ2) is 8.26. The molecule has 0 spiro atoms. The summed E-state index contributed by atoms with van der Waals surface area (Å²) in [5.41, 5.74) is 3.30. The van der Waals surface area contributed by atoms with Crippen molar-refractivity contribution in [2.75, 3.05) is 24.2 Å². The molecule has 144 valence electrons. The summed E-state index contributed by atoms with van der Waals surface area (Å²) in [5.74, 6) is 1.64. The summed E-state index contributed by atoms with van der Waals surface area (Å²) in [6.07, 6.45) is 0. The molecule has 1 aliphatic heterocycles. The van der Waals surface area contributed by atoms with E-state index in [0.29, 0.717) is 18.0 Å². The number of anilines is 1. The van der Waals surface area contributed by atoms with E-state index in [4.69, 9.17) is 4.74 Å². The Bertz CT molecular complexity index is 784. The average molecular weight is 385 g/mol. The Kier molecular flexibility index (Phi) is 6.00. The SMILES string of the molecule is CCOc1ccccc1NC(=O)N1CCSC1c1ccc(C(C)(C)C)cc1. The van der Waals surface area contributed by atoms with Crippen LogP contribution in [0.4, 0.5) is 10.5 Å². The van der Waals surface area contributed by atoms with Gasteiger partial charge in [0.1, 0.15) is 11.1 Å². The monoisotopic (exact) mass is 384 g/mol. The lowest BCUT2D eigenvalue weighted by Gasteiger charge is -2.26. The Morgan fingerprint density at radius 3 is 2.56 bits per heavy atom. The van der Waals surface area contributed by atoms with Crippen LogP contribution in [0.5, 0.6) is 5.75 Å². The molecule has 5 heteroatoms. The molecular formula is C22H28N2O2S. The van der Waals surface area contributed by atoms with Crippen LogP contribution in [-0.4, -0.2) is 29.8 Å². The number of rotatable bonds is 4. The summed E-state index contributed by atoms with van der Waals surface area (Å²) < 4.78 is 5.62. The fourth-order valence-electron chi connectivity index (χ4n) is 3.14. The lowest BCUT2D eigenvalue weighted by molar-refractivity contribution is 0.214. The molecule has 1 heterocycles. The fourth-order valence-corrected chi connectivity index (χ4v) is 4.40. The van der Waals surface area contributed by atoms with Crippen molar-refractivity contribution in [3.05, 3.63) is 59.7 Å². The van der Waals surface area contributed by atoms with Crippen LogP contribution in [0.15, 0.2) is 48.5 Å². The molecule has 2 aromatic carbocycles. The summed E-state index contributed by atoms with van der Waals surface area (Å²) in [4.78, 5) is 14.8. The van der Waals surface area contributed by atoms with Gasteiger partial charge in [-0.25, -0.2) is 4.79 Å². The quantitative estimate of drug-likeness (QED) is 0.739. The molecule has 4 nitrogen and oxygen atoms in total. The third kappa shape index (κ3) is 4.59. The van der Waals surface area contributed by atoms with Crippen molar-refractivity contribution in [3.63, 3.8) is 0 Å². The molecule has 1 unspecified atom stereocenters. The number of hydrogen-bond acceptors (Lipinski definition) is 3. The smallest absolute Gasteiger partial charge is 0.323 e. The highest BCUT2D eigenvalue weighted by Gasteiger charge is 2.31. The van der Waals surface area contributed by atoms with E-state index in [-0.39, 0.29) is 16.8 Å². The van der Waals surface area contributed by atoms with Crippen LogP contribution in [0.1, 0.15) is 44.2 Å². The summed E-state index contributed by atoms with van der Waals surface area (Å²) in [6, 6.07) is 16.1. The predicted molar refractivity (Wildman–Crippen MR) is 114 cm³/mol. The van der Waals surface area contributed by atoms with Gasteiger partial charge < -0.3 is 15.0 Å². The normalized spacial score (nSPS) is 17.0. The lowest BCUT2D eigenvalue weighted by Crippen LogP contribution is -2.34. The number of benzene rings is 2. The van der Waals surface area contributed by atoms with Crippen LogP contribution in [0.3, 0.4) is 0 Å². The molecule has 1 N–H and O–H groups in total. The van der Waals surface area contributed by atoms with Crippen molar-refractivity contribution in [2.45, 2.75) is 38.5 Å². The van der Waals surface area contributed by atoms with Crippen LogP contribution in [0.25, 0.3) is 0 Å². The van der Waals surface area contributed by atoms with Crippen molar-refractivity contribution in [1.29, 1.82) is 0 Å². The van der Waals surface area contributed by atoms with Crippen molar-refractivity contribution >= 4 is 23.5 Å². The molecule has 0 aliphatic carbocycles. The zero-order valence-corrected chi connectivity index (χ0v) is 17.3. The van der Waals surface area contributed by atoms with E-state index in [1.165, 1.54) is 11.1 Å². The number of urea groups is 1. The molecule has 1 atom stereocenters. The van der Waals surface area contributed by atoms with E-state index in [0.717, 1.165) is 12.3 Å². The summed E-state index contributed by atoms with van der Waals surface area (Å²) in [7, 11) is 0. The molecule has 0 bridgehead atoms. The third-order valence-electron chi connectivity index (χ3n) is 4.64. The maximum atomic E-state index is 12.9. The maximum Gasteiger partial charge on any atom is 0.323 e. The molecule has 3 rings (SSSR count). The van der Waals surface area contributed by atoms with Crippen LogP contribution in [-0.2, 0) is 5.41 Å². The van der Waals surface area contributed by atoms with Gasteiger partial charge in [0.15, 0.2) is 0 Å². The number of para-hydroxylation sites is 2. The zero-order chi connectivity index (χ0) is 19.4. The Balaban J connectivity index is 1.75. The third-order valence-corrected chi connectivity index (χ3v) is 5.90. The fraction of sp³-hybridized carbons (Fsp3) is 0.409. The largest absolute Gasteiger partial charge is 0.492 e. The minimum absolute atomic E-state index is 0.0401. The first-order valence-electron chi connectivity index (χ1n) is 9.41. The van der Waals surface area contributed by atoms with Gasteiger partial charge in [-0.3, -0.25) is 0 Å². The van der Waals surface area contributed by atoms with E-state index in [1.54, 1.807) is 11.8 Å². The van der Waals surface area contributed by atoms with Gasteiger partial charge in [0, 0.05) is 12.3 Å². The Labute approximate surface area is 166 Å². The number of amides is 2. The first-order chi connectivity index (χ1) is 12.9. The Hall–Kier alpha value is -2.14. The molecule has 27 heavy (non-hydrogen) atoms. The first-order valence-corrected chi connectivity index (χ1v) is 10.5. The van der Waals surface area contributed by atoms with Gasteiger partial charge in [-0.1, -0.05) is 57.2 Å². The number of nitrogens with one attached hydrogen (secondary N) is 1. The van der Waals surface area contributed by atoms with Gasteiger partial charge in [0.2, 0.25) is 0 Å². The van der Waals surface area contributed by atoms with Gasteiger partial charge in [-0.15, -0.1) is 11.8 Å². The van der Waals surface area contributed by atoms with Crippen molar-refractivity contribution in [3.8, 4) is 5.75 Å². The molecule has 1 saturated heterocycles. The highest BCUT2D eigenvalue weighted by atomic mass is 32.2. The van der Waals surface area contributed by atoms with Crippen LogP contribution in [0, 0.1) is 0 Å². The van der Waals surface area contributed by atoms with Gasteiger partial charge in [0.25, 0.3) is 0 Å². The zero-order valence-electron chi connectivity index (χ0n) is 16.5. The topological polar surface area (TPSA) is 41.6 Å². The molecule has 0 radical (unpaired) electrons. The van der Waals surface area contributed by atoms with Crippen molar-refractivity contribution < 1.29 is 9.53 Å². The molecule has 1 aliphatic rings. The van der Waals surface area contributed by atoms with Crippen molar-refractivity contribution in [1.82, 2.24) is 4.90 Å². The van der Waals surface area contributed by atoms with Gasteiger partial charge in [-0.2, -0.15) is 0 Å². The molecule has 0 saturated carbocycles. The molecule has 2 aromatic rings. The second-order valence-electron chi connectivity index (χ2n) is 7.65. The van der Waals surface area contributed by atoms with Gasteiger partial charge >= 0.3 is 6.03 Å². The predicted octanol–water partition coefficient (Wildman–Crippen LogP) is 5.66. The number of ether oxygens (including phenoxy) is 1. The summed E-state index contributed by atoms with van der Waals surface area (Å²) in [6.45, 7) is 9.87. The number of carbonyl (C=O) groups is 1. The first kappa shape index (κ1) is 19.6. The minimum atomic E-state index is -0.0861. The second-order valence-corrected chi connectivity index (χ2v) is 8.84. The Morgan fingerprint density at radius 2 is 1.89 bits per heavy atom. The lowest BCUT2D eigenvalue weighted by atomic mass is 9.87. The molecule has 2 amide bonds. The molecule has 0 aromatic heterocycles. The maximum absolute atomic E-state index is 12.9. The number of nitrogens with zero attached hydrogens (tertiary/aromatic N) is 1. The average Bonchev–Trinajstić information content (AvgIpc) is 3.13. The van der Waals surface area contributed by atoms with E-state index in [9.17, 15) is 4.79 Å². The Morgan fingerprint density at radius 1 is 1.19 bits per heavy atom. The van der Waals surface area contributed by atoms with Crippen LogP contribution >= 0.6 is 11.8 Å². The van der Waals surface area contributed by atoms with E-state index < -0.39 is 0 Å². The van der Waals surface area contributed by atoms with Gasteiger partial charge in [0.05, 0.1) is 12.3 Å². The highest BCUT2D eigenvalue weighted by molar-refractivity contribution is 7.99. The number of thioether (sulfide) groups is 1. The van der Waals surface area contributed by atoms with Crippen LogP contribution < -0.4 is 10.1 Å².